The van der Waals surface area contributed by atoms with Gasteiger partial charge in [-0.2, -0.15) is 0 Å². The lowest BCUT2D eigenvalue weighted by Crippen LogP contribution is -2.00. The van der Waals surface area contributed by atoms with Gasteiger partial charge in [0.1, 0.15) is 5.65 Å². The van der Waals surface area contributed by atoms with Crippen LogP contribution < -0.4 is 0 Å². The average Bonchev–Trinajstić information content (AvgIpc) is 2.83. The Hall–Kier alpha value is -3.02. The number of pyridine rings is 1. The number of carboxylic acids is 1. The van der Waals surface area contributed by atoms with E-state index in [1.165, 1.54) is 0 Å². The molecule has 0 saturated carbocycles. The standard InChI is InChI=1S/C16H14N4O2/c1-11-5-7-12(8-6-11)18-19-16-13(10-15(21)22)17-14-4-2-3-9-20(14)16/h2-9H,10H2,1H3,(H,21,22). The Kier molecular flexibility index (Phi) is 3.65. The van der Waals surface area contributed by atoms with Gasteiger partial charge in [-0.3, -0.25) is 9.20 Å². The Morgan fingerprint density at radius 3 is 2.68 bits per heavy atom. The number of nitrogens with zero attached hydrogens (tertiary/aromatic N) is 4. The summed E-state index contributed by atoms with van der Waals surface area (Å²) >= 11 is 0. The summed E-state index contributed by atoms with van der Waals surface area (Å²) in [6.45, 7) is 2.00. The van der Waals surface area contributed by atoms with Gasteiger partial charge in [0.25, 0.3) is 0 Å². The fraction of sp³-hybridized carbons (Fsp3) is 0.125. The van der Waals surface area contributed by atoms with E-state index in [-0.39, 0.29) is 6.42 Å². The van der Waals surface area contributed by atoms with Crippen LogP contribution in [0.2, 0.25) is 0 Å². The number of azo groups is 1. The molecular weight excluding hydrogens is 280 g/mol. The summed E-state index contributed by atoms with van der Waals surface area (Å²) in [5, 5.41) is 17.4. The first-order valence-corrected chi connectivity index (χ1v) is 6.79. The molecular formula is C16H14N4O2. The fourth-order valence-corrected chi connectivity index (χ4v) is 2.12. The molecule has 6 nitrogen and oxygen atoms in total. The minimum atomic E-state index is -0.949. The van der Waals surface area contributed by atoms with Crippen LogP contribution in [0.25, 0.3) is 5.65 Å². The van der Waals surface area contributed by atoms with Gasteiger partial charge >= 0.3 is 5.97 Å². The molecule has 0 amide bonds. The van der Waals surface area contributed by atoms with E-state index < -0.39 is 5.97 Å². The summed E-state index contributed by atoms with van der Waals surface area (Å²) in [4.78, 5) is 15.3. The molecule has 22 heavy (non-hydrogen) atoms. The molecule has 0 aliphatic rings. The lowest BCUT2D eigenvalue weighted by atomic mass is 10.2. The zero-order valence-corrected chi connectivity index (χ0v) is 12.0. The normalized spacial score (nSPS) is 11.3. The van der Waals surface area contributed by atoms with E-state index in [4.69, 9.17) is 5.11 Å². The molecule has 0 radical (unpaired) electrons. The van der Waals surface area contributed by atoms with Crippen molar-refractivity contribution in [3.63, 3.8) is 0 Å². The summed E-state index contributed by atoms with van der Waals surface area (Å²) in [5.41, 5.74) is 2.89. The van der Waals surface area contributed by atoms with Crippen LogP contribution in [0.4, 0.5) is 11.5 Å². The van der Waals surface area contributed by atoms with Crippen molar-refractivity contribution in [2.75, 3.05) is 0 Å². The first-order valence-electron chi connectivity index (χ1n) is 6.79. The number of benzene rings is 1. The van der Waals surface area contributed by atoms with Crippen LogP contribution in [0.15, 0.2) is 58.9 Å². The van der Waals surface area contributed by atoms with E-state index >= 15 is 0 Å². The highest BCUT2D eigenvalue weighted by Gasteiger charge is 2.14. The minimum Gasteiger partial charge on any atom is -0.481 e. The van der Waals surface area contributed by atoms with Gasteiger partial charge in [0.15, 0.2) is 5.82 Å². The summed E-state index contributed by atoms with van der Waals surface area (Å²) in [6.07, 6.45) is 1.60. The highest BCUT2D eigenvalue weighted by Crippen LogP contribution is 2.24. The minimum absolute atomic E-state index is 0.191. The van der Waals surface area contributed by atoms with Crippen LogP contribution in [0.1, 0.15) is 11.3 Å². The van der Waals surface area contributed by atoms with Crippen molar-refractivity contribution in [3.8, 4) is 0 Å². The van der Waals surface area contributed by atoms with Gasteiger partial charge < -0.3 is 5.11 Å². The number of hydrogen-bond donors (Lipinski definition) is 1. The Bertz CT molecular complexity index is 850. The molecule has 2 heterocycles. The summed E-state index contributed by atoms with van der Waals surface area (Å²) < 4.78 is 1.73. The molecule has 110 valence electrons. The third-order valence-electron chi connectivity index (χ3n) is 3.19. The summed E-state index contributed by atoms with van der Waals surface area (Å²) in [7, 11) is 0. The van der Waals surface area contributed by atoms with E-state index in [2.05, 4.69) is 15.2 Å². The van der Waals surface area contributed by atoms with Crippen molar-refractivity contribution in [3.05, 3.63) is 59.9 Å². The van der Waals surface area contributed by atoms with E-state index in [0.717, 1.165) is 5.56 Å². The van der Waals surface area contributed by atoms with E-state index in [1.807, 2.05) is 43.3 Å². The van der Waals surface area contributed by atoms with Gasteiger partial charge in [0.2, 0.25) is 0 Å². The lowest BCUT2D eigenvalue weighted by molar-refractivity contribution is -0.136. The zero-order valence-electron chi connectivity index (χ0n) is 12.0. The van der Waals surface area contributed by atoms with Gasteiger partial charge in [-0.05, 0) is 31.2 Å². The molecule has 3 aromatic rings. The number of hydrogen-bond acceptors (Lipinski definition) is 4. The van der Waals surface area contributed by atoms with Crippen LogP contribution in [-0.4, -0.2) is 20.5 Å². The van der Waals surface area contributed by atoms with Crippen molar-refractivity contribution in [2.45, 2.75) is 13.3 Å². The highest BCUT2D eigenvalue weighted by molar-refractivity contribution is 5.72. The molecule has 0 saturated heterocycles. The number of aryl methyl sites for hydroxylation is 1. The molecule has 0 fully saturated rings. The topological polar surface area (TPSA) is 79.3 Å². The van der Waals surface area contributed by atoms with Crippen molar-refractivity contribution in [2.24, 2.45) is 10.2 Å². The zero-order chi connectivity index (χ0) is 15.5. The van der Waals surface area contributed by atoms with Gasteiger partial charge in [-0.25, -0.2) is 4.98 Å². The van der Waals surface area contributed by atoms with Gasteiger partial charge in [-0.1, -0.05) is 23.8 Å². The molecule has 1 N–H and O–H groups in total. The molecule has 0 bridgehead atoms. The maximum atomic E-state index is 11.0. The molecule has 0 aliphatic heterocycles. The number of carboxylic acid groups (broad SMARTS) is 1. The largest absolute Gasteiger partial charge is 0.481 e. The SMILES string of the molecule is Cc1ccc(N=Nc2c(CC(=O)O)nc3ccccn23)cc1. The second kappa shape index (κ2) is 5.77. The van der Waals surface area contributed by atoms with Gasteiger partial charge in [0.05, 0.1) is 17.8 Å². The maximum Gasteiger partial charge on any atom is 0.309 e. The number of aliphatic carboxylic acids is 1. The second-order valence-corrected chi connectivity index (χ2v) is 4.92. The molecule has 0 spiro atoms. The predicted molar refractivity (Wildman–Crippen MR) is 81.9 cm³/mol. The van der Waals surface area contributed by atoms with Crippen LogP contribution in [-0.2, 0) is 11.2 Å². The first-order chi connectivity index (χ1) is 10.6. The lowest BCUT2D eigenvalue weighted by Gasteiger charge is -1.97. The quantitative estimate of drug-likeness (QED) is 0.745. The number of aromatic nitrogens is 2. The number of fused-ring (bicyclic) bond motifs is 1. The van der Waals surface area contributed by atoms with Crippen molar-refractivity contribution in [1.82, 2.24) is 9.38 Å². The molecule has 2 aromatic heterocycles. The molecule has 6 heteroatoms. The molecule has 1 aromatic carbocycles. The Balaban J connectivity index is 2.03. The summed E-state index contributed by atoms with van der Waals surface area (Å²) in [6, 6.07) is 13.1. The van der Waals surface area contributed by atoms with Crippen LogP contribution in [0, 0.1) is 6.92 Å². The van der Waals surface area contributed by atoms with Crippen LogP contribution in [0.3, 0.4) is 0 Å². The molecule has 0 aliphatic carbocycles. The number of imidazole rings is 1. The van der Waals surface area contributed by atoms with Gasteiger partial charge in [0, 0.05) is 6.20 Å². The smallest absolute Gasteiger partial charge is 0.309 e. The number of carbonyl (C=O) groups is 1. The Morgan fingerprint density at radius 1 is 1.18 bits per heavy atom. The molecule has 3 rings (SSSR count). The number of rotatable bonds is 4. The molecule has 0 unspecified atom stereocenters. The van der Waals surface area contributed by atoms with Gasteiger partial charge in [-0.15, -0.1) is 10.2 Å². The maximum absolute atomic E-state index is 11.0. The second-order valence-electron chi connectivity index (χ2n) is 4.92. The Morgan fingerprint density at radius 2 is 1.95 bits per heavy atom. The van der Waals surface area contributed by atoms with Crippen molar-refractivity contribution < 1.29 is 9.90 Å². The summed E-state index contributed by atoms with van der Waals surface area (Å²) in [5.74, 6) is -0.506. The van der Waals surface area contributed by atoms with E-state index in [1.54, 1.807) is 16.7 Å². The molecule has 0 atom stereocenters. The van der Waals surface area contributed by atoms with Crippen LogP contribution >= 0.6 is 0 Å². The van der Waals surface area contributed by atoms with E-state index in [0.29, 0.717) is 22.8 Å². The van der Waals surface area contributed by atoms with Crippen molar-refractivity contribution >= 4 is 23.1 Å². The predicted octanol–water partition coefficient (Wildman–Crippen LogP) is 3.69. The first kappa shape index (κ1) is 13.9. The van der Waals surface area contributed by atoms with E-state index in [9.17, 15) is 4.79 Å². The fourth-order valence-electron chi connectivity index (χ4n) is 2.12. The third-order valence-corrected chi connectivity index (χ3v) is 3.19. The third kappa shape index (κ3) is 2.85. The highest BCUT2D eigenvalue weighted by atomic mass is 16.4. The van der Waals surface area contributed by atoms with Crippen molar-refractivity contribution in [1.29, 1.82) is 0 Å². The average molecular weight is 294 g/mol. The Labute approximate surface area is 126 Å². The monoisotopic (exact) mass is 294 g/mol. The van der Waals surface area contributed by atoms with Crippen LogP contribution in [0.5, 0.6) is 0 Å².